The van der Waals surface area contributed by atoms with Gasteiger partial charge in [-0.1, -0.05) is 23.7 Å². The summed E-state index contributed by atoms with van der Waals surface area (Å²) < 4.78 is 3.07. The molecule has 0 radical (unpaired) electrons. The number of rotatable bonds is 3. The molecule has 0 aliphatic rings. The minimum Gasteiger partial charge on any atom is -0.381 e. The number of hydrogen-bond acceptors (Lipinski definition) is 5. The van der Waals surface area contributed by atoms with Gasteiger partial charge in [-0.15, -0.1) is 11.8 Å². The number of thioether (sulfide) groups is 1. The molecule has 0 aliphatic heterocycles. The molecule has 0 saturated carbocycles. The van der Waals surface area contributed by atoms with Crippen molar-refractivity contribution in [3.63, 3.8) is 0 Å². The molecule has 0 amide bonds. The molecule has 2 aromatic carbocycles. The first kappa shape index (κ1) is 17.6. The number of anilines is 1. The molecule has 4 aromatic rings. The minimum atomic E-state index is -0.267. The molecule has 0 bridgehead atoms. The fourth-order valence-electron chi connectivity index (χ4n) is 2.99. The predicted molar refractivity (Wildman–Crippen MR) is 111 cm³/mol. The van der Waals surface area contributed by atoms with E-state index in [0.717, 1.165) is 10.5 Å². The van der Waals surface area contributed by atoms with E-state index in [-0.39, 0.29) is 11.4 Å². The van der Waals surface area contributed by atoms with E-state index in [1.807, 2.05) is 30.5 Å². The Hall–Kier alpha value is -2.77. The molecular weight excluding hydrogens is 382 g/mol. The number of aromatic nitrogens is 4. The third-order valence-electron chi connectivity index (χ3n) is 4.32. The van der Waals surface area contributed by atoms with Gasteiger partial charge in [-0.05, 0) is 42.7 Å². The van der Waals surface area contributed by atoms with E-state index in [9.17, 15) is 4.79 Å². The summed E-state index contributed by atoms with van der Waals surface area (Å²) in [5.74, 6) is 0.683. The van der Waals surface area contributed by atoms with E-state index in [0.29, 0.717) is 27.6 Å². The van der Waals surface area contributed by atoms with Crippen molar-refractivity contribution in [3.8, 4) is 17.1 Å². The lowest BCUT2D eigenvalue weighted by Gasteiger charge is -2.13. The molecule has 0 unspecified atom stereocenters. The maximum Gasteiger partial charge on any atom is 0.271 e. The number of benzene rings is 2. The number of nitrogen functional groups attached to an aromatic ring is 1. The maximum atomic E-state index is 13.3. The molecule has 2 N–H and O–H groups in total. The molecule has 0 saturated heterocycles. The molecule has 2 aromatic heterocycles. The third kappa shape index (κ3) is 2.98. The Labute approximate surface area is 164 Å². The van der Waals surface area contributed by atoms with Crippen LogP contribution in [0.4, 0.5) is 5.82 Å². The number of hydrogen-bond donors (Lipinski definition) is 1. The summed E-state index contributed by atoms with van der Waals surface area (Å²) in [5.41, 5.74) is 7.63. The van der Waals surface area contributed by atoms with Crippen molar-refractivity contribution in [2.75, 3.05) is 12.0 Å². The largest absolute Gasteiger partial charge is 0.381 e. The van der Waals surface area contributed by atoms with Crippen LogP contribution in [-0.4, -0.2) is 25.6 Å². The Morgan fingerprint density at radius 3 is 2.37 bits per heavy atom. The lowest BCUT2D eigenvalue weighted by atomic mass is 10.2. The Kier molecular flexibility index (Phi) is 4.41. The summed E-state index contributed by atoms with van der Waals surface area (Å²) in [5, 5.41) is 5.05. The molecular formula is C19H16ClN5OS. The Bertz CT molecular complexity index is 1200. The van der Waals surface area contributed by atoms with Gasteiger partial charge in [0.25, 0.3) is 5.56 Å². The van der Waals surface area contributed by atoms with E-state index in [1.54, 1.807) is 47.6 Å². The zero-order valence-electron chi connectivity index (χ0n) is 14.7. The summed E-state index contributed by atoms with van der Waals surface area (Å²) in [6.45, 7) is 0. The summed E-state index contributed by atoms with van der Waals surface area (Å²) in [7, 11) is 1.72. The van der Waals surface area contributed by atoms with E-state index in [2.05, 4.69) is 5.10 Å². The van der Waals surface area contributed by atoms with Crippen LogP contribution in [0.5, 0.6) is 0 Å². The summed E-state index contributed by atoms with van der Waals surface area (Å²) in [4.78, 5) is 19.2. The molecule has 0 atom stereocenters. The molecule has 27 heavy (non-hydrogen) atoms. The van der Waals surface area contributed by atoms with Crippen LogP contribution in [0.25, 0.3) is 28.1 Å². The molecule has 8 heteroatoms. The summed E-state index contributed by atoms with van der Waals surface area (Å²) in [6.07, 6.45) is 2.02. The van der Waals surface area contributed by atoms with Gasteiger partial charge in [0.1, 0.15) is 11.2 Å². The molecule has 4 rings (SSSR count). The van der Waals surface area contributed by atoms with Gasteiger partial charge in [-0.25, -0.2) is 9.67 Å². The number of nitrogens with zero attached hydrogens (tertiary/aromatic N) is 4. The second-order valence-corrected chi connectivity index (χ2v) is 7.30. The minimum absolute atomic E-state index is 0.164. The van der Waals surface area contributed by atoms with Gasteiger partial charge in [0.2, 0.25) is 0 Å². The Balaban J connectivity index is 2.08. The highest BCUT2D eigenvalue weighted by Crippen LogP contribution is 2.26. The zero-order valence-corrected chi connectivity index (χ0v) is 16.3. The van der Waals surface area contributed by atoms with Crippen LogP contribution >= 0.6 is 23.4 Å². The van der Waals surface area contributed by atoms with Crippen LogP contribution in [0.1, 0.15) is 0 Å². The monoisotopic (exact) mass is 397 g/mol. The van der Waals surface area contributed by atoms with Crippen LogP contribution < -0.4 is 11.3 Å². The van der Waals surface area contributed by atoms with Gasteiger partial charge in [0.15, 0.2) is 11.5 Å². The first-order chi connectivity index (χ1) is 13.0. The second kappa shape index (κ2) is 6.75. The van der Waals surface area contributed by atoms with Crippen LogP contribution in [0.2, 0.25) is 5.02 Å². The Morgan fingerprint density at radius 2 is 1.74 bits per heavy atom. The van der Waals surface area contributed by atoms with Crippen molar-refractivity contribution < 1.29 is 0 Å². The van der Waals surface area contributed by atoms with Crippen molar-refractivity contribution in [3.05, 3.63) is 63.9 Å². The second-order valence-electron chi connectivity index (χ2n) is 5.99. The standard InChI is InChI=1S/C19H16ClN5OS/c1-24-18-15(16(21)23-24)19(26)25(13-7-5-12(20)6-8-13)17(22-18)11-3-9-14(27-2)10-4-11/h3-10H,1-2H3,(H2,21,23). The first-order valence-corrected chi connectivity index (χ1v) is 9.75. The van der Waals surface area contributed by atoms with Crippen molar-refractivity contribution in [2.45, 2.75) is 4.90 Å². The van der Waals surface area contributed by atoms with Gasteiger partial charge < -0.3 is 5.73 Å². The highest BCUT2D eigenvalue weighted by molar-refractivity contribution is 7.98. The average molecular weight is 398 g/mol. The summed E-state index contributed by atoms with van der Waals surface area (Å²) >= 11 is 7.67. The van der Waals surface area contributed by atoms with Crippen LogP contribution in [0.15, 0.2) is 58.2 Å². The fraction of sp³-hybridized carbons (Fsp3) is 0.105. The number of fused-ring (bicyclic) bond motifs is 1. The van der Waals surface area contributed by atoms with Gasteiger partial charge in [-0.2, -0.15) is 5.10 Å². The van der Waals surface area contributed by atoms with Gasteiger partial charge in [-0.3, -0.25) is 9.36 Å². The SMILES string of the molecule is CSc1ccc(-c2nc3c(c(N)nn3C)c(=O)n2-c2ccc(Cl)cc2)cc1. The number of nitrogens with two attached hydrogens (primary N) is 1. The topological polar surface area (TPSA) is 78.7 Å². The van der Waals surface area contributed by atoms with E-state index < -0.39 is 0 Å². The third-order valence-corrected chi connectivity index (χ3v) is 5.31. The van der Waals surface area contributed by atoms with E-state index in [1.165, 1.54) is 4.68 Å². The highest BCUT2D eigenvalue weighted by Gasteiger charge is 2.19. The zero-order chi connectivity index (χ0) is 19.1. The van der Waals surface area contributed by atoms with E-state index >= 15 is 0 Å². The smallest absolute Gasteiger partial charge is 0.271 e. The first-order valence-electron chi connectivity index (χ1n) is 8.15. The van der Waals surface area contributed by atoms with Gasteiger partial charge in [0.05, 0.1) is 5.69 Å². The van der Waals surface area contributed by atoms with E-state index in [4.69, 9.17) is 22.3 Å². The maximum absolute atomic E-state index is 13.3. The van der Waals surface area contributed by atoms with Gasteiger partial charge in [0, 0.05) is 22.5 Å². The Morgan fingerprint density at radius 1 is 1.07 bits per heavy atom. The van der Waals surface area contributed by atoms with Crippen molar-refractivity contribution in [1.29, 1.82) is 0 Å². The normalized spacial score (nSPS) is 11.2. The number of halogens is 1. The fourth-order valence-corrected chi connectivity index (χ4v) is 3.52. The van der Waals surface area contributed by atoms with Gasteiger partial charge >= 0.3 is 0 Å². The molecule has 6 nitrogen and oxygen atoms in total. The molecule has 0 fully saturated rings. The van der Waals surface area contributed by atoms with Crippen LogP contribution in [0, 0.1) is 0 Å². The van der Waals surface area contributed by atoms with Crippen molar-refractivity contribution >= 4 is 40.2 Å². The average Bonchev–Trinajstić information content (AvgIpc) is 2.96. The lowest BCUT2D eigenvalue weighted by Crippen LogP contribution is -2.22. The predicted octanol–water partition coefficient (Wildman–Crippen LogP) is 3.74. The highest BCUT2D eigenvalue weighted by atomic mass is 35.5. The quantitative estimate of drug-likeness (QED) is 0.533. The van der Waals surface area contributed by atoms with Crippen LogP contribution in [0.3, 0.4) is 0 Å². The molecule has 2 heterocycles. The molecule has 136 valence electrons. The molecule has 0 spiro atoms. The van der Waals surface area contributed by atoms with Crippen molar-refractivity contribution in [2.24, 2.45) is 7.05 Å². The lowest BCUT2D eigenvalue weighted by molar-refractivity contribution is 0.788. The number of aryl methyl sites for hydroxylation is 1. The summed E-state index contributed by atoms with van der Waals surface area (Å²) in [6, 6.07) is 14.9. The van der Waals surface area contributed by atoms with Crippen molar-refractivity contribution in [1.82, 2.24) is 19.3 Å². The van der Waals surface area contributed by atoms with Crippen LogP contribution in [-0.2, 0) is 7.05 Å². The molecule has 0 aliphatic carbocycles.